The second-order valence-corrected chi connectivity index (χ2v) is 9.39. The number of aliphatic hydroxyl groups excluding tert-OH is 4. The van der Waals surface area contributed by atoms with Crippen molar-refractivity contribution in [1.29, 1.82) is 0 Å². The maximum atomic E-state index is 12.4. The van der Waals surface area contributed by atoms with Gasteiger partial charge in [-0.2, -0.15) is 0 Å². The molecule has 0 aliphatic heterocycles. The third kappa shape index (κ3) is 3.15. The average molecular weight is 341 g/mol. The minimum absolute atomic E-state index is 0.185. The largest absolute Gasteiger partial charge is 0.394 e. The van der Waals surface area contributed by atoms with Crippen LogP contribution in [0.2, 0.25) is 0 Å². The molecule has 6 heteroatoms. The zero-order valence-corrected chi connectivity index (χ0v) is 14.7. The van der Waals surface area contributed by atoms with Gasteiger partial charge < -0.3 is 20.4 Å². The van der Waals surface area contributed by atoms with Crippen LogP contribution < -0.4 is 5.32 Å². The Morgan fingerprint density at radius 1 is 1.04 bits per heavy atom. The number of Topliss-reactive ketones (excluding diaryl/α,β-unsaturated/α-hetero) is 1. The van der Waals surface area contributed by atoms with Gasteiger partial charge in [0.2, 0.25) is 0 Å². The van der Waals surface area contributed by atoms with Gasteiger partial charge in [0.15, 0.2) is 5.78 Å². The lowest BCUT2D eigenvalue weighted by Crippen LogP contribution is -2.67. The van der Waals surface area contributed by atoms with Gasteiger partial charge >= 0.3 is 0 Å². The van der Waals surface area contributed by atoms with Crippen LogP contribution >= 0.6 is 0 Å². The summed E-state index contributed by atoms with van der Waals surface area (Å²) in [5.74, 6) is -0.00347. The van der Waals surface area contributed by atoms with Crippen LogP contribution in [-0.2, 0) is 4.79 Å². The number of carbonyl (C=O) groups is 1. The van der Waals surface area contributed by atoms with E-state index in [-0.39, 0.29) is 16.4 Å². The van der Waals surface area contributed by atoms with Crippen molar-refractivity contribution in [2.24, 2.45) is 16.7 Å². The lowest BCUT2D eigenvalue weighted by atomic mass is 9.42. The van der Waals surface area contributed by atoms with E-state index < -0.39 is 37.2 Å². The first kappa shape index (κ1) is 18.3. The predicted octanol–water partition coefficient (Wildman–Crippen LogP) is -0.0309. The summed E-state index contributed by atoms with van der Waals surface area (Å²) in [6.07, 6.45) is 3.44. The van der Waals surface area contributed by atoms with Crippen molar-refractivity contribution in [2.45, 2.75) is 76.2 Å². The Balaban J connectivity index is 1.77. The van der Waals surface area contributed by atoms with Crippen molar-refractivity contribution in [3.8, 4) is 0 Å². The molecule has 4 saturated carbocycles. The SMILES string of the molecule is CC12CC3CC(C)(C1)CC(NC(CO)C(=O)[C@H](O)[C@H](O)CO)(C3)C2. The predicted molar refractivity (Wildman–Crippen MR) is 88.3 cm³/mol. The van der Waals surface area contributed by atoms with Crippen molar-refractivity contribution in [3.05, 3.63) is 0 Å². The van der Waals surface area contributed by atoms with Crippen molar-refractivity contribution in [3.63, 3.8) is 0 Å². The highest BCUT2D eigenvalue weighted by Gasteiger charge is 2.60. The molecule has 0 radical (unpaired) electrons. The van der Waals surface area contributed by atoms with Gasteiger partial charge in [0, 0.05) is 5.54 Å². The molecule has 24 heavy (non-hydrogen) atoms. The van der Waals surface area contributed by atoms with Gasteiger partial charge in [-0.1, -0.05) is 13.8 Å². The molecule has 0 amide bonds. The summed E-state index contributed by atoms with van der Waals surface area (Å²) >= 11 is 0. The van der Waals surface area contributed by atoms with E-state index in [0.717, 1.165) is 19.3 Å². The van der Waals surface area contributed by atoms with Crippen molar-refractivity contribution in [2.75, 3.05) is 13.2 Å². The van der Waals surface area contributed by atoms with E-state index in [4.69, 9.17) is 5.11 Å². The number of carbonyl (C=O) groups excluding carboxylic acids is 1. The lowest BCUT2D eigenvalue weighted by molar-refractivity contribution is -0.145. The minimum Gasteiger partial charge on any atom is -0.394 e. The Bertz CT molecular complexity index is 492. The Morgan fingerprint density at radius 3 is 2.08 bits per heavy atom. The summed E-state index contributed by atoms with van der Waals surface area (Å²) < 4.78 is 0. The number of aliphatic hydroxyl groups is 4. The molecular weight excluding hydrogens is 310 g/mol. The number of rotatable bonds is 7. The molecule has 6 nitrogen and oxygen atoms in total. The van der Waals surface area contributed by atoms with Gasteiger partial charge in [-0.15, -0.1) is 0 Å². The van der Waals surface area contributed by atoms with E-state index in [9.17, 15) is 20.1 Å². The van der Waals surface area contributed by atoms with Gasteiger partial charge in [-0.3, -0.25) is 10.1 Å². The summed E-state index contributed by atoms with van der Waals surface area (Å²) in [5.41, 5.74) is 0.358. The van der Waals surface area contributed by atoms with E-state index in [1.165, 1.54) is 19.3 Å². The first-order valence-corrected chi connectivity index (χ1v) is 9.03. The number of hydrogen-bond donors (Lipinski definition) is 5. The highest BCUT2D eigenvalue weighted by Crippen LogP contribution is 2.66. The van der Waals surface area contributed by atoms with Crippen molar-refractivity contribution >= 4 is 5.78 Å². The zero-order chi connectivity index (χ0) is 17.8. The first-order valence-electron chi connectivity index (χ1n) is 9.03. The van der Waals surface area contributed by atoms with Crippen LogP contribution in [0, 0.1) is 16.7 Å². The fourth-order valence-electron chi connectivity index (χ4n) is 6.68. The fraction of sp³-hybridized carbons (Fsp3) is 0.944. The minimum atomic E-state index is -1.68. The highest BCUT2D eigenvalue weighted by atomic mass is 16.4. The Kier molecular flexibility index (Phi) is 4.58. The molecule has 4 aliphatic rings. The molecule has 4 rings (SSSR count). The smallest absolute Gasteiger partial charge is 0.183 e. The quantitative estimate of drug-likeness (QED) is 0.445. The van der Waals surface area contributed by atoms with Crippen LogP contribution in [0.4, 0.5) is 0 Å². The van der Waals surface area contributed by atoms with E-state index in [2.05, 4.69) is 19.2 Å². The fourth-order valence-corrected chi connectivity index (χ4v) is 6.68. The molecule has 0 aromatic rings. The van der Waals surface area contributed by atoms with Crippen LogP contribution in [-0.4, -0.2) is 63.2 Å². The molecule has 138 valence electrons. The summed E-state index contributed by atoms with van der Waals surface area (Å²) in [4.78, 5) is 12.4. The topological polar surface area (TPSA) is 110 Å². The van der Waals surface area contributed by atoms with E-state index in [1.807, 2.05) is 0 Å². The van der Waals surface area contributed by atoms with Crippen LogP contribution in [0.15, 0.2) is 0 Å². The Hall–Kier alpha value is -0.530. The average Bonchev–Trinajstić information content (AvgIpc) is 2.46. The van der Waals surface area contributed by atoms with Gasteiger partial charge in [0.1, 0.15) is 12.2 Å². The molecule has 0 heterocycles. The second-order valence-electron chi connectivity index (χ2n) is 9.39. The van der Waals surface area contributed by atoms with E-state index in [0.29, 0.717) is 5.92 Å². The monoisotopic (exact) mass is 341 g/mol. The Morgan fingerprint density at radius 2 is 1.62 bits per heavy atom. The maximum absolute atomic E-state index is 12.4. The lowest BCUT2D eigenvalue weighted by Gasteiger charge is -2.66. The summed E-state index contributed by atoms with van der Waals surface area (Å²) in [5, 5.41) is 41.4. The molecule has 5 atom stereocenters. The van der Waals surface area contributed by atoms with Crippen LogP contribution in [0.1, 0.15) is 52.4 Å². The van der Waals surface area contributed by atoms with Crippen LogP contribution in [0.3, 0.4) is 0 Å². The van der Waals surface area contributed by atoms with Gasteiger partial charge in [-0.25, -0.2) is 0 Å². The molecule has 4 fully saturated rings. The molecule has 0 aromatic heterocycles. The van der Waals surface area contributed by atoms with Crippen molar-refractivity contribution < 1.29 is 25.2 Å². The molecule has 4 aliphatic carbocycles. The molecule has 3 unspecified atom stereocenters. The summed E-state index contributed by atoms with van der Waals surface area (Å²) in [7, 11) is 0. The number of hydrogen-bond acceptors (Lipinski definition) is 6. The third-order valence-corrected chi connectivity index (χ3v) is 6.48. The standard InChI is InChI=1S/C18H31NO5/c1-16-3-11-4-17(2,8-16)10-18(5-11,9-16)19-12(6-20)14(23)15(24)13(22)7-21/h11-13,15,19-22,24H,3-10H2,1-2H3/t11?,12?,13-,15-,16?,17?,18?/m1/s1. The molecular formula is C18H31NO5. The van der Waals surface area contributed by atoms with Gasteiger partial charge in [0.05, 0.1) is 19.3 Å². The van der Waals surface area contributed by atoms with E-state index >= 15 is 0 Å². The summed E-state index contributed by atoms with van der Waals surface area (Å²) in [6.45, 7) is 3.54. The van der Waals surface area contributed by atoms with E-state index in [1.54, 1.807) is 0 Å². The molecule has 0 saturated heterocycles. The Labute approximate surface area is 143 Å². The highest BCUT2D eigenvalue weighted by molar-refractivity contribution is 5.88. The summed E-state index contributed by atoms with van der Waals surface area (Å²) in [6, 6.07) is -0.912. The molecule has 0 aromatic carbocycles. The molecule has 4 bridgehead atoms. The van der Waals surface area contributed by atoms with Gasteiger partial charge in [0.25, 0.3) is 0 Å². The van der Waals surface area contributed by atoms with Crippen LogP contribution in [0.5, 0.6) is 0 Å². The number of nitrogens with one attached hydrogen (secondary N) is 1. The van der Waals surface area contributed by atoms with Gasteiger partial charge in [-0.05, 0) is 55.3 Å². The molecule has 0 spiro atoms. The normalized spacial score (nSPS) is 44.3. The third-order valence-electron chi connectivity index (χ3n) is 6.48. The number of ketones is 1. The maximum Gasteiger partial charge on any atom is 0.183 e. The van der Waals surface area contributed by atoms with Crippen molar-refractivity contribution in [1.82, 2.24) is 5.32 Å². The second kappa shape index (κ2) is 6.02. The molecule has 5 N–H and O–H groups in total. The van der Waals surface area contributed by atoms with Crippen LogP contribution in [0.25, 0.3) is 0 Å². The zero-order valence-electron chi connectivity index (χ0n) is 14.7. The first-order chi connectivity index (χ1) is 11.1.